The van der Waals surface area contributed by atoms with E-state index in [0.29, 0.717) is 13.2 Å². The van der Waals surface area contributed by atoms with Crippen LogP contribution in [0.3, 0.4) is 0 Å². The van der Waals surface area contributed by atoms with Crippen LogP contribution in [-0.2, 0) is 31.2 Å². The minimum atomic E-state index is -0.381. The molecule has 1 aliphatic carbocycles. The normalized spacial score (nSPS) is 14.2. The smallest absolute Gasteiger partial charge is 0.407 e. The second-order valence-corrected chi connectivity index (χ2v) is 4.26. The van der Waals surface area contributed by atoms with Crippen LogP contribution in [0.25, 0.3) is 0 Å². The van der Waals surface area contributed by atoms with Crippen molar-refractivity contribution in [3.8, 4) is 0 Å². The topological polar surface area (TPSA) is 56.1 Å². The zero-order chi connectivity index (χ0) is 12.3. The van der Waals surface area contributed by atoms with Crippen molar-refractivity contribution >= 4 is 6.09 Å². The third-order valence-corrected chi connectivity index (χ3v) is 3.13. The monoisotopic (exact) mass is 237 g/mol. The number of carbonyl (C=O) groups is 1. The molecule has 1 aromatic heterocycles. The van der Waals surface area contributed by atoms with Crippen molar-refractivity contribution in [1.82, 2.24) is 14.9 Å². The summed E-state index contributed by atoms with van der Waals surface area (Å²) in [7, 11) is 2.01. The van der Waals surface area contributed by atoms with Gasteiger partial charge in [-0.25, -0.2) is 9.78 Å². The number of amides is 1. The highest BCUT2D eigenvalue weighted by Gasteiger charge is 2.17. The van der Waals surface area contributed by atoms with Gasteiger partial charge in [-0.1, -0.05) is 0 Å². The van der Waals surface area contributed by atoms with Crippen LogP contribution >= 0.6 is 0 Å². The van der Waals surface area contributed by atoms with E-state index in [9.17, 15) is 4.79 Å². The first-order chi connectivity index (χ1) is 8.22. The molecule has 0 fully saturated rings. The predicted octanol–water partition coefficient (Wildman–Crippen LogP) is 1.54. The summed E-state index contributed by atoms with van der Waals surface area (Å²) in [6.07, 6.45) is 4.22. The van der Waals surface area contributed by atoms with Gasteiger partial charge in [-0.05, 0) is 32.6 Å². The van der Waals surface area contributed by atoms with Crippen LogP contribution < -0.4 is 5.32 Å². The number of aromatic nitrogens is 2. The zero-order valence-electron chi connectivity index (χ0n) is 10.5. The average Bonchev–Trinajstić information content (AvgIpc) is 2.65. The highest BCUT2D eigenvalue weighted by atomic mass is 16.5. The molecule has 0 aromatic carbocycles. The first-order valence-electron chi connectivity index (χ1n) is 6.16. The van der Waals surface area contributed by atoms with Crippen molar-refractivity contribution in [3.05, 3.63) is 17.2 Å². The lowest BCUT2D eigenvalue weighted by molar-refractivity contribution is 0.151. The maximum Gasteiger partial charge on any atom is 0.407 e. The molecule has 2 rings (SSSR count). The lowest BCUT2D eigenvalue weighted by Crippen LogP contribution is -2.25. The summed E-state index contributed by atoms with van der Waals surface area (Å²) < 4.78 is 6.92. The van der Waals surface area contributed by atoms with E-state index in [2.05, 4.69) is 14.9 Å². The van der Waals surface area contributed by atoms with E-state index in [-0.39, 0.29) is 6.09 Å². The van der Waals surface area contributed by atoms with Crippen LogP contribution in [0.1, 0.15) is 37.0 Å². The van der Waals surface area contributed by atoms with Gasteiger partial charge in [0.2, 0.25) is 0 Å². The molecule has 0 unspecified atom stereocenters. The Bertz CT molecular complexity index is 412. The summed E-state index contributed by atoms with van der Waals surface area (Å²) in [5.41, 5.74) is 2.51. The molecule has 0 radical (unpaired) electrons. The molecule has 5 nitrogen and oxygen atoms in total. The molecular weight excluding hydrogens is 218 g/mol. The largest absolute Gasteiger partial charge is 0.450 e. The van der Waals surface area contributed by atoms with E-state index >= 15 is 0 Å². The first-order valence-corrected chi connectivity index (χ1v) is 6.16. The molecule has 17 heavy (non-hydrogen) atoms. The number of hydrogen-bond acceptors (Lipinski definition) is 3. The summed E-state index contributed by atoms with van der Waals surface area (Å²) in [6.45, 7) is 2.62. The fraction of sp³-hybridized carbons (Fsp3) is 0.667. The van der Waals surface area contributed by atoms with Crippen LogP contribution in [0.4, 0.5) is 4.79 Å². The number of aryl methyl sites for hydroxylation is 1. The lowest BCUT2D eigenvalue weighted by atomic mass is 10.0. The van der Waals surface area contributed by atoms with E-state index in [1.165, 1.54) is 24.2 Å². The fourth-order valence-electron chi connectivity index (χ4n) is 2.23. The summed E-state index contributed by atoms with van der Waals surface area (Å²) in [5.74, 6) is 0.907. The number of nitrogens with one attached hydrogen (secondary N) is 1. The molecule has 0 aliphatic heterocycles. The first kappa shape index (κ1) is 12.0. The Morgan fingerprint density at radius 3 is 2.94 bits per heavy atom. The van der Waals surface area contributed by atoms with Gasteiger partial charge in [0.15, 0.2) is 0 Å². The van der Waals surface area contributed by atoms with Gasteiger partial charge in [-0.15, -0.1) is 0 Å². The summed E-state index contributed by atoms with van der Waals surface area (Å²) >= 11 is 0. The quantitative estimate of drug-likeness (QED) is 0.867. The SMILES string of the molecule is CCOC(=O)NCc1nc2c(n1C)CCCC2. The van der Waals surface area contributed by atoms with Gasteiger partial charge in [0, 0.05) is 12.7 Å². The van der Waals surface area contributed by atoms with Gasteiger partial charge in [-0.3, -0.25) is 0 Å². The number of hydrogen-bond donors (Lipinski definition) is 1. The van der Waals surface area contributed by atoms with Gasteiger partial charge < -0.3 is 14.6 Å². The summed E-state index contributed by atoms with van der Waals surface area (Å²) in [4.78, 5) is 15.8. The van der Waals surface area contributed by atoms with Gasteiger partial charge >= 0.3 is 6.09 Å². The molecule has 1 aromatic rings. The Kier molecular flexibility index (Phi) is 3.66. The number of rotatable bonds is 3. The second-order valence-electron chi connectivity index (χ2n) is 4.26. The molecule has 0 saturated heterocycles. The van der Waals surface area contributed by atoms with Crippen molar-refractivity contribution in [1.29, 1.82) is 0 Å². The summed E-state index contributed by atoms with van der Waals surface area (Å²) in [6, 6.07) is 0. The minimum absolute atomic E-state index is 0.381. The highest BCUT2D eigenvalue weighted by Crippen LogP contribution is 2.21. The number of imidazole rings is 1. The highest BCUT2D eigenvalue weighted by molar-refractivity contribution is 5.66. The Morgan fingerprint density at radius 2 is 2.24 bits per heavy atom. The van der Waals surface area contributed by atoms with E-state index in [0.717, 1.165) is 18.7 Å². The van der Waals surface area contributed by atoms with Crippen LogP contribution in [-0.4, -0.2) is 22.3 Å². The molecule has 5 heteroatoms. The molecule has 94 valence electrons. The predicted molar refractivity (Wildman–Crippen MR) is 63.7 cm³/mol. The maximum absolute atomic E-state index is 11.2. The zero-order valence-corrected chi connectivity index (χ0v) is 10.5. The minimum Gasteiger partial charge on any atom is -0.450 e. The number of nitrogens with zero attached hydrogens (tertiary/aromatic N) is 2. The Labute approximate surface area is 101 Å². The van der Waals surface area contributed by atoms with Gasteiger partial charge in [0.1, 0.15) is 5.82 Å². The molecule has 0 spiro atoms. The van der Waals surface area contributed by atoms with Crippen LogP contribution in [0, 0.1) is 0 Å². The molecule has 1 heterocycles. The van der Waals surface area contributed by atoms with Crippen LogP contribution in [0.5, 0.6) is 0 Å². The van der Waals surface area contributed by atoms with Crippen molar-refractivity contribution in [2.45, 2.75) is 39.2 Å². The number of carbonyl (C=O) groups excluding carboxylic acids is 1. The van der Waals surface area contributed by atoms with E-state index < -0.39 is 0 Å². The van der Waals surface area contributed by atoms with Gasteiger partial charge in [0.25, 0.3) is 0 Å². The summed E-state index contributed by atoms with van der Waals surface area (Å²) in [5, 5.41) is 2.71. The Balaban J connectivity index is 2.01. The molecule has 1 aliphatic rings. The molecule has 0 saturated carbocycles. The number of alkyl carbamates (subject to hydrolysis) is 1. The average molecular weight is 237 g/mol. The number of ether oxygens (including phenoxy) is 1. The third kappa shape index (κ3) is 2.60. The van der Waals surface area contributed by atoms with Crippen molar-refractivity contribution in [2.24, 2.45) is 7.05 Å². The third-order valence-electron chi connectivity index (χ3n) is 3.13. The van der Waals surface area contributed by atoms with E-state index in [4.69, 9.17) is 4.74 Å². The van der Waals surface area contributed by atoms with E-state index in [1.807, 2.05) is 7.05 Å². The molecule has 1 amide bonds. The molecule has 0 bridgehead atoms. The Morgan fingerprint density at radius 1 is 1.47 bits per heavy atom. The Hall–Kier alpha value is -1.52. The van der Waals surface area contributed by atoms with Crippen LogP contribution in [0.2, 0.25) is 0 Å². The van der Waals surface area contributed by atoms with E-state index in [1.54, 1.807) is 6.92 Å². The van der Waals surface area contributed by atoms with Crippen molar-refractivity contribution in [3.63, 3.8) is 0 Å². The lowest BCUT2D eigenvalue weighted by Gasteiger charge is -2.11. The maximum atomic E-state index is 11.2. The standard InChI is InChI=1S/C12H19N3O2/c1-3-17-12(16)13-8-11-14-9-6-4-5-7-10(9)15(11)2/h3-8H2,1-2H3,(H,13,16). The fourth-order valence-corrected chi connectivity index (χ4v) is 2.23. The molecule has 1 N–H and O–H groups in total. The van der Waals surface area contributed by atoms with Gasteiger partial charge in [0.05, 0.1) is 18.8 Å². The van der Waals surface area contributed by atoms with Crippen molar-refractivity contribution in [2.75, 3.05) is 6.61 Å². The second kappa shape index (κ2) is 5.21. The van der Waals surface area contributed by atoms with Crippen LogP contribution in [0.15, 0.2) is 0 Å². The van der Waals surface area contributed by atoms with Gasteiger partial charge in [-0.2, -0.15) is 0 Å². The molecule has 0 atom stereocenters. The van der Waals surface area contributed by atoms with Crippen molar-refractivity contribution < 1.29 is 9.53 Å². The number of fused-ring (bicyclic) bond motifs is 1. The molecular formula is C12H19N3O2.